The van der Waals surface area contributed by atoms with E-state index in [2.05, 4.69) is 5.32 Å². The van der Waals surface area contributed by atoms with Crippen LogP contribution in [0.4, 0.5) is 11.4 Å². The Hall–Kier alpha value is -1.71. The van der Waals surface area contributed by atoms with E-state index < -0.39 is 0 Å². The lowest BCUT2D eigenvalue weighted by Gasteiger charge is -2.08. The van der Waals surface area contributed by atoms with Crippen molar-refractivity contribution in [3.05, 3.63) is 17.7 Å². The fraction of sp³-hybridized carbons (Fsp3) is 0.222. The summed E-state index contributed by atoms with van der Waals surface area (Å²) in [6, 6.07) is 3.30. The third-order valence-electron chi connectivity index (χ3n) is 1.59. The van der Waals surface area contributed by atoms with Gasteiger partial charge in [-0.2, -0.15) is 0 Å². The molecule has 1 aromatic carbocycles. The number of carbonyl (C=O) groups is 1. The molecule has 1 aromatic rings. The summed E-state index contributed by atoms with van der Waals surface area (Å²) in [5.74, 6) is -0.318. The molecule has 0 saturated heterocycles. The molecular weight excluding hydrogens is 168 g/mol. The zero-order chi connectivity index (χ0) is 10.0. The molecule has 13 heavy (non-hydrogen) atoms. The van der Waals surface area contributed by atoms with Crippen LogP contribution in [-0.2, 0) is 4.79 Å². The number of amides is 1. The molecular formula is C9H12N2O2. The Morgan fingerprint density at radius 1 is 1.54 bits per heavy atom. The first-order valence-corrected chi connectivity index (χ1v) is 3.87. The van der Waals surface area contributed by atoms with E-state index in [-0.39, 0.29) is 17.3 Å². The van der Waals surface area contributed by atoms with Gasteiger partial charge in [0.05, 0.1) is 11.4 Å². The molecule has 4 nitrogen and oxygen atoms in total. The number of aromatic hydroxyl groups is 1. The van der Waals surface area contributed by atoms with Crippen molar-refractivity contribution in [3.63, 3.8) is 0 Å². The molecule has 0 atom stereocenters. The number of hydrogen-bond donors (Lipinski definition) is 3. The molecule has 0 saturated carbocycles. The Bertz CT molecular complexity index is 348. The lowest BCUT2D eigenvalue weighted by Crippen LogP contribution is -2.06. The molecule has 1 amide bonds. The maximum atomic E-state index is 10.7. The average Bonchev–Trinajstić information content (AvgIpc) is 1.98. The van der Waals surface area contributed by atoms with Crippen molar-refractivity contribution in [3.8, 4) is 5.75 Å². The number of phenols is 1. The molecule has 1 rings (SSSR count). The van der Waals surface area contributed by atoms with Gasteiger partial charge in [-0.05, 0) is 24.6 Å². The molecule has 0 aromatic heterocycles. The summed E-state index contributed by atoms with van der Waals surface area (Å²) >= 11 is 0. The van der Waals surface area contributed by atoms with Crippen LogP contribution < -0.4 is 11.1 Å². The number of aryl methyl sites for hydroxylation is 1. The molecule has 70 valence electrons. The zero-order valence-electron chi connectivity index (χ0n) is 7.59. The van der Waals surface area contributed by atoms with E-state index in [1.54, 1.807) is 12.1 Å². The van der Waals surface area contributed by atoms with Crippen molar-refractivity contribution in [2.45, 2.75) is 13.8 Å². The summed E-state index contributed by atoms with van der Waals surface area (Å²) in [6.45, 7) is 3.21. The van der Waals surface area contributed by atoms with Gasteiger partial charge in [-0.3, -0.25) is 4.79 Å². The van der Waals surface area contributed by atoms with Crippen LogP contribution in [0, 0.1) is 6.92 Å². The molecule has 0 radical (unpaired) electrons. The number of carbonyl (C=O) groups excluding carboxylic acids is 1. The summed E-state index contributed by atoms with van der Waals surface area (Å²) in [7, 11) is 0. The molecule has 4 N–H and O–H groups in total. The highest BCUT2D eigenvalue weighted by Gasteiger charge is 2.06. The van der Waals surface area contributed by atoms with Crippen molar-refractivity contribution in [2.75, 3.05) is 11.1 Å². The molecule has 0 heterocycles. The molecule has 0 fully saturated rings. The molecule has 0 aliphatic rings. The quantitative estimate of drug-likeness (QED) is 0.449. The first-order chi connectivity index (χ1) is 6.00. The van der Waals surface area contributed by atoms with Crippen molar-refractivity contribution < 1.29 is 9.90 Å². The maximum Gasteiger partial charge on any atom is 0.221 e. The maximum absolute atomic E-state index is 10.7. The molecule has 0 spiro atoms. The van der Waals surface area contributed by atoms with E-state index in [0.717, 1.165) is 5.56 Å². The normalized spacial score (nSPS) is 9.69. The van der Waals surface area contributed by atoms with E-state index in [1.807, 2.05) is 6.92 Å². The van der Waals surface area contributed by atoms with E-state index in [0.29, 0.717) is 5.69 Å². The average molecular weight is 180 g/mol. The lowest BCUT2D eigenvalue weighted by molar-refractivity contribution is -0.114. The number of phenolic OH excluding ortho intramolecular Hbond substituents is 1. The predicted octanol–water partition coefficient (Wildman–Crippen LogP) is 1.24. The largest absolute Gasteiger partial charge is 0.504 e. The van der Waals surface area contributed by atoms with Crippen molar-refractivity contribution >= 4 is 17.3 Å². The van der Waals surface area contributed by atoms with Crippen LogP contribution in [0.15, 0.2) is 12.1 Å². The predicted molar refractivity (Wildman–Crippen MR) is 51.6 cm³/mol. The first kappa shape index (κ1) is 9.38. The van der Waals surface area contributed by atoms with Gasteiger partial charge in [-0.1, -0.05) is 0 Å². The molecule has 4 heteroatoms. The fourth-order valence-corrected chi connectivity index (χ4v) is 1.09. The fourth-order valence-electron chi connectivity index (χ4n) is 1.09. The van der Waals surface area contributed by atoms with E-state index in [1.165, 1.54) is 6.92 Å². The van der Waals surface area contributed by atoms with Gasteiger partial charge in [-0.15, -0.1) is 0 Å². The van der Waals surface area contributed by atoms with Crippen molar-refractivity contribution in [1.29, 1.82) is 0 Å². The summed E-state index contributed by atoms with van der Waals surface area (Å²) in [4.78, 5) is 10.7. The molecule has 0 unspecified atom stereocenters. The number of rotatable bonds is 1. The zero-order valence-corrected chi connectivity index (χ0v) is 7.59. The van der Waals surface area contributed by atoms with E-state index in [4.69, 9.17) is 5.73 Å². The SMILES string of the molecule is CC(=O)Nc1cc(C)cc(N)c1O. The number of anilines is 2. The van der Waals surface area contributed by atoms with Crippen LogP contribution in [0.2, 0.25) is 0 Å². The number of nitrogen functional groups attached to an aromatic ring is 1. The minimum absolute atomic E-state index is 0.0826. The highest BCUT2D eigenvalue weighted by molar-refractivity contribution is 5.91. The Morgan fingerprint density at radius 2 is 2.15 bits per heavy atom. The van der Waals surface area contributed by atoms with Gasteiger partial charge in [0.25, 0.3) is 0 Å². The van der Waals surface area contributed by atoms with Gasteiger partial charge in [0.1, 0.15) is 0 Å². The Labute approximate surface area is 76.4 Å². The molecule has 0 aliphatic heterocycles. The first-order valence-electron chi connectivity index (χ1n) is 3.87. The van der Waals surface area contributed by atoms with Crippen molar-refractivity contribution in [1.82, 2.24) is 0 Å². The van der Waals surface area contributed by atoms with Gasteiger partial charge >= 0.3 is 0 Å². The van der Waals surface area contributed by atoms with Crippen LogP contribution in [0.3, 0.4) is 0 Å². The monoisotopic (exact) mass is 180 g/mol. The second-order valence-electron chi connectivity index (χ2n) is 2.93. The number of benzene rings is 1. The third kappa shape index (κ3) is 2.11. The van der Waals surface area contributed by atoms with Crippen LogP contribution >= 0.6 is 0 Å². The molecule has 0 aliphatic carbocycles. The molecule has 0 bridgehead atoms. The standard InChI is InChI=1S/C9H12N2O2/c1-5-3-7(10)9(13)8(4-5)11-6(2)12/h3-4,13H,10H2,1-2H3,(H,11,12). The van der Waals surface area contributed by atoms with E-state index in [9.17, 15) is 9.90 Å². The summed E-state index contributed by atoms with van der Waals surface area (Å²) in [6.07, 6.45) is 0. The number of nitrogens with two attached hydrogens (primary N) is 1. The minimum atomic E-state index is -0.236. The summed E-state index contributed by atoms with van der Waals surface area (Å²) in [5, 5.41) is 11.9. The van der Waals surface area contributed by atoms with Gasteiger partial charge in [0, 0.05) is 6.92 Å². The number of nitrogens with one attached hydrogen (secondary N) is 1. The third-order valence-corrected chi connectivity index (χ3v) is 1.59. The minimum Gasteiger partial charge on any atom is -0.504 e. The van der Waals surface area contributed by atoms with Gasteiger partial charge < -0.3 is 16.2 Å². The topological polar surface area (TPSA) is 75.4 Å². The summed E-state index contributed by atoms with van der Waals surface area (Å²) < 4.78 is 0. The Morgan fingerprint density at radius 3 is 2.69 bits per heavy atom. The van der Waals surface area contributed by atoms with Crippen LogP contribution in [-0.4, -0.2) is 11.0 Å². The van der Waals surface area contributed by atoms with Gasteiger partial charge in [0.15, 0.2) is 5.75 Å². The van der Waals surface area contributed by atoms with Gasteiger partial charge in [0.2, 0.25) is 5.91 Å². The second kappa shape index (κ2) is 3.35. The lowest BCUT2D eigenvalue weighted by atomic mass is 10.2. The van der Waals surface area contributed by atoms with Crippen LogP contribution in [0.5, 0.6) is 5.75 Å². The number of hydrogen-bond acceptors (Lipinski definition) is 3. The van der Waals surface area contributed by atoms with Gasteiger partial charge in [-0.25, -0.2) is 0 Å². The second-order valence-corrected chi connectivity index (χ2v) is 2.93. The van der Waals surface area contributed by atoms with E-state index >= 15 is 0 Å². The smallest absolute Gasteiger partial charge is 0.221 e. The Kier molecular flexibility index (Phi) is 2.41. The summed E-state index contributed by atoms with van der Waals surface area (Å²) in [5.41, 5.74) is 7.00. The highest BCUT2D eigenvalue weighted by Crippen LogP contribution is 2.30. The van der Waals surface area contributed by atoms with Crippen LogP contribution in [0.25, 0.3) is 0 Å². The van der Waals surface area contributed by atoms with Crippen molar-refractivity contribution in [2.24, 2.45) is 0 Å². The van der Waals surface area contributed by atoms with Crippen LogP contribution in [0.1, 0.15) is 12.5 Å². The highest BCUT2D eigenvalue weighted by atomic mass is 16.3. The Balaban J connectivity index is 3.12.